The number of aryl methyl sites for hydroxylation is 1. The monoisotopic (exact) mass is 207 g/mol. The molecule has 0 saturated carbocycles. The highest BCUT2D eigenvalue weighted by Gasteiger charge is 2.08. The lowest BCUT2D eigenvalue weighted by atomic mass is 10.0. The van der Waals surface area contributed by atoms with Crippen molar-refractivity contribution in [3.8, 4) is 0 Å². The second-order valence-corrected chi connectivity index (χ2v) is 4.50. The fraction of sp³-hybridized carbons (Fsp3) is 0.615. The van der Waals surface area contributed by atoms with Crippen LogP contribution in [0, 0.1) is 5.92 Å². The Labute approximate surface area is 92.4 Å². The van der Waals surface area contributed by atoms with Crippen molar-refractivity contribution < 1.29 is 5.11 Å². The maximum absolute atomic E-state index is 9.76. The molecule has 1 aromatic heterocycles. The van der Waals surface area contributed by atoms with E-state index < -0.39 is 0 Å². The predicted molar refractivity (Wildman–Crippen MR) is 62.8 cm³/mol. The lowest BCUT2D eigenvalue weighted by Crippen LogP contribution is -2.14. The van der Waals surface area contributed by atoms with E-state index in [1.54, 1.807) is 0 Å². The number of aromatic nitrogens is 1. The van der Waals surface area contributed by atoms with Crippen molar-refractivity contribution >= 4 is 0 Å². The van der Waals surface area contributed by atoms with E-state index in [1.165, 1.54) is 5.56 Å². The third-order valence-corrected chi connectivity index (χ3v) is 2.48. The molecule has 0 bridgehead atoms. The van der Waals surface area contributed by atoms with Crippen molar-refractivity contribution in [3.63, 3.8) is 0 Å². The Morgan fingerprint density at radius 2 is 2.07 bits per heavy atom. The summed E-state index contributed by atoms with van der Waals surface area (Å²) in [5, 5.41) is 9.76. The van der Waals surface area contributed by atoms with Crippen LogP contribution in [-0.4, -0.2) is 16.2 Å². The first kappa shape index (κ1) is 12.2. The van der Waals surface area contributed by atoms with Gasteiger partial charge >= 0.3 is 0 Å². The Hall–Kier alpha value is -0.890. The maximum atomic E-state index is 9.76. The van der Waals surface area contributed by atoms with Gasteiger partial charge in [0.15, 0.2) is 0 Å². The van der Waals surface area contributed by atoms with Gasteiger partial charge in [0.1, 0.15) is 0 Å². The summed E-state index contributed by atoms with van der Waals surface area (Å²) in [5.74, 6) is 0.537. The Balaban J connectivity index is 2.49. The molecule has 0 amide bonds. The lowest BCUT2D eigenvalue weighted by molar-refractivity contribution is 0.148. The molecule has 2 heteroatoms. The maximum Gasteiger partial charge on any atom is 0.0598 e. The highest BCUT2D eigenvalue weighted by Crippen LogP contribution is 2.10. The Morgan fingerprint density at radius 3 is 2.53 bits per heavy atom. The van der Waals surface area contributed by atoms with Gasteiger partial charge < -0.3 is 5.11 Å². The highest BCUT2D eigenvalue weighted by molar-refractivity contribution is 5.14. The van der Waals surface area contributed by atoms with Crippen molar-refractivity contribution in [2.75, 3.05) is 0 Å². The van der Waals surface area contributed by atoms with Crippen LogP contribution in [0.4, 0.5) is 0 Å². The van der Waals surface area contributed by atoms with Crippen LogP contribution in [-0.2, 0) is 12.8 Å². The molecule has 0 saturated heterocycles. The van der Waals surface area contributed by atoms with Crippen LogP contribution in [0.5, 0.6) is 0 Å². The van der Waals surface area contributed by atoms with E-state index in [0.29, 0.717) is 12.3 Å². The smallest absolute Gasteiger partial charge is 0.0598 e. The van der Waals surface area contributed by atoms with Gasteiger partial charge in [0.05, 0.1) is 6.10 Å². The van der Waals surface area contributed by atoms with Crippen LogP contribution in [0.25, 0.3) is 0 Å². The summed E-state index contributed by atoms with van der Waals surface area (Å²) in [5.41, 5.74) is 2.23. The minimum absolute atomic E-state index is 0.259. The topological polar surface area (TPSA) is 33.1 Å². The number of nitrogens with zero attached hydrogens (tertiary/aromatic N) is 1. The fourth-order valence-corrected chi connectivity index (χ4v) is 1.65. The molecule has 0 aliphatic rings. The first-order chi connectivity index (χ1) is 7.11. The molecule has 15 heavy (non-hydrogen) atoms. The number of hydrogen-bond donors (Lipinski definition) is 1. The first-order valence-electron chi connectivity index (χ1n) is 5.73. The normalized spacial score (nSPS) is 13.1. The number of rotatable bonds is 5. The van der Waals surface area contributed by atoms with E-state index in [4.69, 9.17) is 0 Å². The van der Waals surface area contributed by atoms with Crippen molar-refractivity contribution in [2.45, 2.75) is 46.1 Å². The lowest BCUT2D eigenvalue weighted by Gasteiger charge is -2.12. The zero-order valence-corrected chi connectivity index (χ0v) is 9.90. The standard InChI is InChI=1S/C13H21NO/c1-4-11-5-6-12(14-9-11)8-13(15)7-10(2)3/h5-6,9-10,13,15H,4,7-8H2,1-3H3. The van der Waals surface area contributed by atoms with Gasteiger partial charge in [0.25, 0.3) is 0 Å². The van der Waals surface area contributed by atoms with Gasteiger partial charge in [0.2, 0.25) is 0 Å². The molecule has 1 rings (SSSR count). The summed E-state index contributed by atoms with van der Waals surface area (Å²) in [6, 6.07) is 4.10. The molecule has 1 unspecified atom stereocenters. The Kier molecular flexibility index (Phi) is 4.76. The Morgan fingerprint density at radius 1 is 1.33 bits per heavy atom. The third-order valence-electron chi connectivity index (χ3n) is 2.48. The molecular formula is C13H21NO. The van der Waals surface area contributed by atoms with Crippen LogP contribution < -0.4 is 0 Å². The van der Waals surface area contributed by atoms with Gasteiger partial charge in [-0.05, 0) is 30.4 Å². The minimum Gasteiger partial charge on any atom is -0.393 e. The molecule has 1 heterocycles. The molecule has 84 valence electrons. The average Bonchev–Trinajstić information content (AvgIpc) is 2.17. The zero-order chi connectivity index (χ0) is 11.3. The second-order valence-electron chi connectivity index (χ2n) is 4.50. The van der Waals surface area contributed by atoms with Crippen LogP contribution in [0.2, 0.25) is 0 Å². The van der Waals surface area contributed by atoms with Gasteiger partial charge in [-0.3, -0.25) is 4.98 Å². The van der Waals surface area contributed by atoms with Gasteiger partial charge in [0, 0.05) is 18.3 Å². The van der Waals surface area contributed by atoms with E-state index in [9.17, 15) is 5.11 Å². The van der Waals surface area contributed by atoms with E-state index in [1.807, 2.05) is 12.3 Å². The molecule has 0 aromatic carbocycles. The van der Waals surface area contributed by atoms with Crippen molar-refractivity contribution in [3.05, 3.63) is 29.6 Å². The van der Waals surface area contributed by atoms with Gasteiger partial charge in [-0.2, -0.15) is 0 Å². The van der Waals surface area contributed by atoms with E-state index >= 15 is 0 Å². The van der Waals surface area contributed by atoms with Gasteiger partial charge in [-0.15, -0.1) is 0 Å². The molecule has 1 atom stereocenters. The summed E-state index contributed by atoms with van der Waals surface area (Å²) < 4.78 is 0. The summed E-state index contributed by atoms with van der Waals surface area (Å²) in [6.45, 7) is 6.36. The quantitative estimate of drug-likeness (QED) is 0.805. The number of aliphatic hydroxyl groups excluding tert-OH is 1. The Bertz CT molecular complexity index is 279. The van der Waals surface area contributed by atoms with Crippen molar-refractivity contribution in [1.82, 2.24) is 4.98 Å². The zero-order valence-electron chi connectivity index (χ0n) is 9.90. The first-order valence-corrected chi connectivity index (χ1v) is 5.73. The fourth-order valence-electron chi connectivity index (χ4n) is 1.65. The molecule has 2 nitrogen and oxygen atoms in total. The van der Waals surface area contributed by atoms with Gasteiger partial charge in [-0.25, -0.2) is 0 Å². The minimum atomic E-state index is -0.259. The third kappa shape index (κ3) is 4.43. The van der Waals surface area contributed by atoms with E-state index in [2.05, 4.69) is 31.8 Å². The van der Waals surface area contributed by atoms with Crippen LogP contribution >= 0.6 is 0 Å². The SMILES string of the molecule is CCc1ccc(CC(O)CC(C)C)nc1. The molecule has 0 fully saturated rings. The van der Waals surface area contributed by atoms with Crippen LogP contribution in [0.15, 0.2) is 18.3 Å². The van der Waals surface area contributed by atoms with E-state index in [0.717, 1.165) is 18.5 Å². The summed E-state index contributed by atoms with van der Waals surface area (Å²) in [6.07, 6.45) is 4.17. The van der Waals surface area contributed by atoms with E-state index in [-0.39, 0.29) is 6.10 Å². The summed E-state index contributed by atoms with van der Waals surface area (Å²) >= 11 is 0. The number of hydrogen-bond acceptors (Lipinski definition) is 2. The van der Waals surface area contributed by atoms with Crippen molar-refractivity contribution in [1.29, 1.82) is 0 Å². The second kappa shape index (κ2) is 5.86. The summed E-state index contributed by atoms with van der Waals surface area (Å²) in [7, 11) is 0. The predicted octanol–water partition coefficient (Wildman–Crippen LogP) is 2.59. The molecule has 1 N–H and O–H groups in total. The molecule has 0 aliphatic heterocycles. The molecule has 1 aromatic rings. The average molecular weight is 207 g/mol. The highest BCUT2D eigenvalue weighted by atomic mass is 16.3. The molecule has 0 aliphatic carbocycles. The van der Waals surface area contributed by atoms with Crippen molar-refractivity contribution in [2.24, 2.45) is 5.92 Å². The van der Waals surface area contributed by atoms with Gasteiger partial charge in [-0.1, -0.05) is 26.8 Å². The van der Waals surface area contributed by atoms with Crippen LogP contribution in [0.1, 0.15) is 38.4 Å². The molecule has 0 radical (unpaired) electrons. The number of pyridine rings is 1. The number of aliphatic hydroxyl groups is 1. The molecular weight excluding hydrogens is 186 g/mol. The largest absolute Gasteiger partial charge is 0.393 e. The van der Waals surface area contributed by atoms with Crippen LogP contribution in [0.3, 0.4) is 0 Å². The summed E-state index contributed by atoms with van der Waals surface area (Å²) in [4.78, 5) is 4.34. The molecule has 0 spiro atoms.